The van der Waals surface area contributed by atoms with Crippen molar-refractivity contribution in [2.24, 2.45) is 0 Å². The minimum atomic E-state index is -3.14. The van der Waals surface area contributed by atoms with E-state index in [4.69, 9.17) is 5.26 Å². The molecule has 114 valence electrons. The van der Waals surface area contributed by atoms with Crippen LogP contribution >= 0.6 is 0 Å². The summed E-state index contributed by atoms with van der Waals surface area (Å²) < 4.78 is 23.4. The molecule has 1 unspecified atom stereocenters. The molecule has 0 radical (unpaired) electrons. The summed E-state index contributed by atoms with van der Waals surface area (Å²) in [7, 11) is -3.14. The highest BCUT2D eigenvalue weighted by atomic mass is 32.2. The van der Waals surface area contributed by atoms with Gasteiger partial charge in [-0.3, -0.25) is 4.79 Å². The van der Waals surface area contributed by atoms with Crippen LogP contribution in [0.2, 0.25) is 0 Å². The van der Waals surface area contributed by atoms with Gasteiger partial charge < -0.3 is 4.90 Å². The third-order valence-corrected chi connectivity index (χ3v) is 5.20. The maximum Gasteiger partial charge on any atom is 0.254 e. The molecule has 1 aromatic carbocycles. The van der Waals surface area contributed by atoms with Gasteiger partial charge in [0, 0.05) is 23.9 Å². The van der Waals surface area contributed by atoms with Crippen molar-refractivity contribution in [1.82, 2.24) is 4.90 Å². The Labute approximate surface area is 126 Å². The molecule has 0 spiro atoms. The van der Waals surface area contributed by atoms with E-state index >= 15 is 0 Å². The predicted molar refractivity (Wildman–Crippen MR) is 81.7 cm³/mol. The van der Waals surface area contributed by atoms with Crippen molar-refractivity contribution in [3.8, 4) is 6.07 Å². The molecule has 0 N–H and O–H groups in total. The smallest absolute Gasteiger partial charge is 0.254 e. The molecule has 0 heterocycles. The number of carbonyl (C=O) groups excluding carboxylic acids is 1. The second-order valence-electron chi connectivity index (χ2n) is 4.83. The van der Waals surface area contributed by atoms with Crippen molar-refractivity contribution < 1.29 is 13.2 Å². The van der Waals surface area contributed by atoms with Crippen molar-refractivity contribution in [3.05, 3.63) is 35.4 Å². The van der Waals surface area contributed by atoms with Crippen LogP contribution in [0.15, 0.2) is 24.3 Å². The second-order valence-corrected chi connectivity index (χ2v) is 7.23. The second kappa shape index (κ2) is 7.23. The Morgan fingerprint density at radius 3 is 2.29 bits per heavy atom. The number of hydrogen-bond acceptors (Lipinski definition) is 4. The number of rotatable bonds is 6. The van der Waals surface area contributed by atoms with Gasteiger partial charge in [0.1, 0.15) is 0 Å². The Morgan fingerprint density at radius 2 is 1.86 bits per heavy atom. The van der Waals surface area contributed by atoms with Crippen molar-refractivity contribution >= 4 is 15.7 Å². The first-order chi connectivity index (χ1) is 9.84. The van der Waals surface area contributed by atoms with Crippen molar-refractivity contribution in [2.45, 2.75) is 26.8 Å². The average molecular weight is 308 g/mol. The molecule has 0 bridgehead atoms. The van der Waals surface area contributed by atoms with E-state index in [9.17, 15) is 13.2 Å². The molecule has 5 nitrogen and oxygen atoms in total. The van der Waals surface area contributed by atoms with Gasteiger partial charge in [-0.1, -0.05) is 6.92 Å². The van der Waals surface area contributed by atoms with Crippen LogP contribution < -0.4 is 0 Å². The normalized spacial score (nSPS) is 12.5. The number of hydrogen-bond donors (Lipinski definition) is 0. The number of carbonyl (C=O) groups is 1. The third kappa shape index (κ3) is 4.57. The van der Waals surface area contributed by atoms with E-state index in [1.165, 1.54) is 4.90 Å². The first kappa shape index (κ1) is 17.2. The van der Waals surface area contributed by atoms with Gasteiger partial charge in [-0.05, 0) is 38.1 Å². The summed E-state index contributed by atoms with van der Waals surface area (Å²) in [6, 6.07) is 7.94. The molecule has 1 rings (SSSR count). The first-order valence-corrected chi connectivity index (χ1v) is 8.68. The number of nitriles is 1. The molecular formula is C15H20N2O3S. The summed E-state index contributed by atoms with van der Waals surface area (Å²) in [4.78, 5) is 14.0. The van der Waals surface area contributed by atoms with E-state index in [1.807, 2.05) is 13.0 Å². The third-order valence-electron chi connectivity index (χ3n) is 3.33. The van der Waals surface area contributed by atoms with Crippen LogP contribution in [0, 0.1) is 11.3 Å². The summed E-state index contributed by atoms with van der Waals surface area (Å²) in [5, 5.41) is 8.75. The number of sulfone groups is 1. The zero-order valence-electron chi connectivity index (χ0n) is 12.5. The van der Waals surface area contributed by atoms with E-state index in [1.54, 1.807) is 38.1 Å². The Hall–Kier alpha value is -1.87. The number of benzene rings is 1. The van der Waals surface area contributed by atoms with Crippen molar-refractivity contribution in [2.75, 3.05) is 18.1 Å². The van der Waals surface area contributed by atoms with Crippen LogP contribution in [0.5, 0.6) is 0 Å². The van der Waals surface area contributed by atoms with Crippen LogP contribution in [-0.2, 0) is 9.84 Å². The standard InChI is InChI=1S/C15H20N2O3S/c1-4-17(12(3)11-21(19,20)5-2)15(18)14-8-6-13(10-16)7-9-14/h6-9,12H,4-5,11H2,1-3H3. The highest BCUT2D eigenvalue weighted by Gasteiger charge is 2.24. The minimum absolute atomic E-state index is 0.0423. The van der Waals surface area contributed by atoms with Crippen LogP contribution in [0.4, 0.5) is 0 Å². The highest BCUT2D eigenvalue weighted by molar-refractivity contribution is 7.91. The molecule has 21 heavy (non-hydrogen) atoms. The lowest BCUT2D eigenvalue weighted by atomic mass is 10.1. The lowest BCUT2D eigenvalue weighted by Gasteiger charge is -2.28. The van der Waals surface area contributed by atoms with Crippen LogP contribution in [-0.4, -0.2) is 43.3 Å². The number of amides is 1. The molecule has 0 saturated heterocycles. The summed E-state index contributed by atoms with van der Waals surface area (Å²) in [5.74, 6) is -0.194. The van der Waals surface area contributed by atoms with Crippen LogP contribution in [0.25, 0.3) is 0 Å². The summed E-state index contributed by atoms with van der Waals surface area (Å²) >= 11 is 0. The first-order valence-electron chi connectivity index (χ1n) is 6.86. The van der Waals surface area contributed by atoms with Gasteiger partial charge in [0.25, 0.3) is 5.91 Å². The van der Waals surface area contributed by atoms with E-state index in [2.05, 4.69) is 0 Å². The fourth-order valence-electron chi connectivity index (χ4n) is 2.08. The fraction of sp³-hybridized carbons (Fsp3) is 0.467. The molecular weight excluding hydrogens is 288 g/mol. The van der Waals surface area contributed by atoms with Gasteiger partial charge in [0.2, 0.25) is 0 Å². The van der Waals surface area contributed by atoms with Gasteiger partial charge in [0.05, 0.1) is 17.4 Å². The topological polar surface area (TPSA) is 78.2 Å². The Morgan fingerprint density at radius 1 is 1.29 bits per heavy atom. The Kier molecular flexibility index (Phi) is 5.91. The van der Waals surface area contributed by atoms with Crippen molar-refractivity contribution in [1.29, 1.82) is 5.26 Å². The SMILES string of the molecule is CCN(C(=O)c1ccc(C#N)cc1)C(C)CS(=O)(=O)CC. The lowest BCUT2D eigenvalue weighted by molar-refractivity contribution is 0.0719. The monoisotopic (exact) mass is 308 g/mol. The highest BCUT2D eigenvalue weighted by Crippen LogP contribution is 2.11. The predicted octanol–water partition coefficient (Wildman–Crippen LogP) is 1.84. The number of nitrogens with zero attached hydrogens (tertiary/aromatic N) is 2. The molecule has 0 aromatic heterocycles. The molecule has 0 aliphatic rings. The molecule has 0 saturated carbocycles. The molecule has 0 fully saturated rings. The van der Waals surface area contributed by atoms with E-state index < -0.39 is 9.84 Å². The average Bonchev–Trinajstić information content (AvgIpc) is 2.47. The summed E-state index contributed by atoms with van der Waals surface area (Å²) in [5.41, 5.74) is 0.938. The molecule has 0 aliphatic carbocycles. The zero-order valence-corrected chi connectivity index (χ0v) is 13.4. The molecule has 0 aliphatic heterocycles. The van der Waals surface area contributed by atoms with E-state index in [0.717, 1.165) is 0 Å². The minimum Gasteiger partial charge on any atom is -0.335 e. The van der Waals surface area contributed by atoms with Crippen molar-refractivity contribution in [3.63, 3.8) is 0 Å². The maximum absolute atomic E-state index is 12.4. The van der Waals surface area contributed by atoms with E-state index in [-0.39, 0.29) is 23.5 Å². The Balaban J connectivity index is 2.93. The summed E-state index contributed by atoms with van der Waals surface area (Å²) in [6.45, 7) is 5.58. The van der Waals surface area contributed by atoms with E-state index in [0.29, 0.717) is 17.7 Å². The van der Waals surface area contributed by atoms with Gasteiger partial charge in [-0.15, -0.1) is 0 Å². The lowest BCUT2D eigenvalue weighted by Crippen LogP contribution is -2.42. The zero-order chi connectivity index (χ0) is 16.0. The van der Waals surface area contributed by atoms with Gasteiger partial charge in [0.15, 0.2) is 9.84 Å². The maximum atomic E-state index is 12.4. The summed E-state index contributed by atoms with van der Waals surface area (Å²) in [6.07, 6.45) is 0. The molecule has 6 heteroatoms. The molecule has 1 amide bonds. The van der Waals surface area contributed by atoms with Gasteiger partial charge in [-0.25, -0.2) is 8.42 Å². The van der Waals surface area contributed by atoms with Gasteiger partial charge in [-0.2, -0.15) is 5.26 Å². The van der Waals surface area contributed by atoms with Crippen LogP contribution in [0.1, 0.15) is 36.7 Å². The molecule has 1 aromatic rings. The quantitative estimate of drug-likeness (QED) is 0.803. The van der Waals surface area contributed by atoms with Crippen LogP contribution in [0.3, 0.4) is 0 Å². The molecule has 1 atom stereocenters. The largest absolute Gasteiger partial charge is 0.335 e. The van der Waals surface area contributed by atoms with Gasteiger partial charge >= 0.3 is 0 Å². The fourth-order valence-corrected chi connectivity index (χ4v) is 3.23. The Bertz CT molecular complexity index is 630.